The number of nitrogen functional groups attached to an aromatic ring is 1. The first-order valence-corrected chi connectivity index (χ1v) is 6.14. The maximum Gasteiger partial charge on any atom is 0.180 e. The zero-order valence-corrected chi connectivity index (χ0v) is 11.1. The fourth-order valence-corrected chi connectivity index (χ4v) is 2.24. The van der Waals surface area contributed by atoms with Crippen molar-refractivity contribution in [1.82, 2.24) is 5.16 Å². The van der Waals surface area contributed by atoms with Gasteiger partial charge >= 0.3 is 0 Å². The lowest BCUT2D eigenvalue weighted by Gasteiger charge is -2.01. The van der Waals surface area contributed by atoms with Gasteiger partial charge in [-0.15, -0.1) is 0 Å². The van der Waals surface area contributed by atoms with Gasteiger partial charge in [0.2, 0.25) is 0 Å². The number of nitrogens with zero attached hydrogens (tertiary/aromatic N) is 1. The van der Waals surface area contributed by atoms with E-state index >= 15 is 0 Å². The summed E-state index contributed by atoms with van der Waals surface area (Å²) >= 11 is 0. The van der Waals surface area contributed by atoms with Gasteiger partial charge in [0.25, 0.3) is 0 Å². The topological polar surface area (TPSA) is 65.2 Å². The molecule has 4 nitrogen and oxygen atoms in total. The van der Waals surface area contributed by atoms with E-state index in [4.69, 9.17) is 14.7 Å². The average Bonchev–Trinajstić information content (AvgIpc) is 2.93. The highest BCUT2D eigenvalue weighted by Gasteiger charge is 2.21. The summed E-state index contributed by atoms with van der Waals surface area (Å²) in [6, 6.07) is 7.90. The standard InChI is InChI=1S/C15H13FN2O2/c1-8-7-12(9(2)19-8)14-13(15(17)18-20-14)10-3-5-11(16)6-4-10/h3-7H,1-2H3,(H2,17,18). The van der Waals surface area contributed by atoms with Crippen LogP contribution < -0.4 is 5.73 Å². The predicted molar refractivity (Wildman–Crippen MR) is 73.5 cm³/mol. The van der Waals surface area contributed by atoms with Crippen LogP contribution in [0.4, 0.5) is 10.2 Å². The monoisotopic (exact) mass is 272 g/mol. The maximum absolute atomic E-state index is 13.0. The van der Waals surface area contributed by atoms with Crippen molar-refractivity contribution in [3.63, 3.8) is 0 Å². The quantitative estimate of drug-likeness (QED) is 0.767. The molecule has 0 spiro atoms. The van der Waals surface area contributed by atoms with E-state index in [9.17, 15) is 4.39 Å². The zero-order chi connectivity index (χ0) is 14.3. The molecule has 102 valence electrons. The third kappa shape index (κ3) is 1.97. The SMILES string of the molecule is Cc1cc(-c2onc(N)c2-c2ccc(F)cc2)c(C)o1. The Bertz CT molecular complexity index is 757. The average molecular weight is 272 g/mol. The Morgan fingerprint density at radius 3 is 2.45 bits per heavy atom. The van der Waals surface area contributed by atoms with Crippen molar-refractivity contribution in [1.29, 1.82) is 0 Å². The summed E-state index contributed by atoms with van der Waals surface area (Å²) in [6.45, 7) is 3.70. The number of benzene rings is 1. The number of nitrogens with two attached hydrogens (primary N) is 1. The highest BCUT2D eigenvalue weighted by atomic mass is 19.1. The van der Waals surface area contributed by atoms with Crippen molar-refractivity contribution in [3.05, 3.63) is 47.7 Å². The normalized spacial score (nSPS) is 10.9. The lowest BCUT2D eigenvalue weighted by atomic mass is 10.0. The van der Waals surface area contributed by atoms with Crippen LogP contribution >= 0.6 is 0 Å². The number of furan rings is 1. The Kier molecular flexibility index (Phi) is 2.82. The molecule has 2 heterocycles. The van der Waals surface area contributed by atoms with E-state index in [0.717, 1.165) is 22.6 Å². The molecule has 5 heteroatoms. The summed E-state index contributed by atoms with van der Waals surface area (Å²) in [5, 5.41) is 3.81. The van der Waals surface area contributed by atoms with Gasteiger partial charge in [0.1, 0.15) is 17.3 Å². The minimum atomic E-state index is -0.305. The number of anilines is 1. The van der Waals surface area contributed by atoms with Crippen LogP contribution in [0.5, 0.6) is 0 Å². The van der Waals surface area contributed by atoms with E-state index in [1.165, 1.54) is 12.1 Å². The molecule has 2 aromatic heterocycles. The van der Waals surface area contributed by atoms with Crippen LogP contribution in [0.15, 0.2) is 39.3 Å². The van der Waals surface area contributed by atoms with E-state index in [1.807, 2.05) is 19.9 Å². The Morgan fingerprint density at radius 2 is 1.85 bits per heavy atom. The van der Waals surface area contributed by atoms with Crippen molar-refractivity contribution in [2.45, 2.75) is 13.8 Å². The second kappa shape index (κ2) is 4.52. The van der Waals surface area contributed by atoms with Crippen molar-refractivity contribution in [2.75, 3.05) is 5.73 Å². The van der Waals surface area contributed by atoms with Gasteiger partial charge < -0.3 is 14.7 Å². The van der Waals surface area contributed by atoms with Gasteiger partial charge in [-0.3, -0.25) is 0 Å². The van der Waals surface area contributed by atoms with Crippen molar-refractivity contribution < 1.29 is 13.3 Å². The molecule has 0 aliphatic heterocycles. The van der Waals surface area contributed by atoms with E-state index in [1.54, 1.807) is 12.1 Å². The summed E-state index contributed by atoms with van der Waals surface area (Å²) in [4.78, 5) is 0. The second-order valence-corrected chi connectivity index (χ2v) is 4.61. The fraction of sp³-hybridized carbons (Fsp3) is 0.133. The van der Waals surface area contributed by atoms with E-state index in [-0.39, 0.29) is 11.6 Å². The highest BCUT2D eigenvalue weighted by molar-refractivity contribution is 5.87. The zero-order valence-electron chi connectivity index (χ0n) is 11.1. The van der Waals surface area contributed by atoms with Crippen LogP contribution in [-0.2, 0) is 0 Å². The molecule has 0 bridgehead atoms. The van der Waals surface area contributed by atoms with E-state index < -0.39 is 0 Å². The van der Waals surface area contributed by atoms with Gasteiger partial charge in [-0.25, -0.2) is 4.39 Å². The number of hydrogen-bond donors (Lipinski definition) is 1. The largest absolute Gasteiger partial charge is 0.466 e. The third-order valence-corrected chi connectivity index (χ3v) is 3.14. The van der Waals surface area contributed by atoms with Crippen LogP contribution in [0.3, 0.4) is 0 Å². The van der Waals surface area contributed by atoms with Gasteiger partial charge in [-0.1, -0.05) is 17.3 Å². The van der Waals surface area contributed by atoms with Gasteiger partial charge in [0.15, 0.2) is 11.6 Å². The van der Waals surface area contributed by atoms with E-state index in [0.29, 0.717) is 11.3 Å². The summed E-state index contributed by atoms with van der Waals surface area (Å²) in [5.41, 5.74) is 8.07. The van der Waals surface area contributed by atoms with Crippen LogP contribution in [0.1, 0.15) is 11.5 Å². The van der Waals surface area contributed by atoms with E-state index in [2.05, 4.69) is 5.16 Å². The molecule has 0 saturated heterocycles. The first kappa shape index (κ1) is 12.5. The number of halogens is 1. The number of hydrogen-bond acceptors (Lipinski definition) is 4. The molecule has 0 aliphatic carbocycles. The lowest BCUT2D eigenvalue weighted by molar-refractivity contribution is 0.434. The minimum Gasteiger partial charge on any atom is -0.466 e. The molecule has 1 aromatic carbocycles. The molecule has 20 heavy (non-hydrogen) atoms. The van der Waals surface area contributed by atoms with Crippen LogP contribution in [0.25, 0.3) is 22.5 Å². The molecular formula is C15H13FN2O2. The Morgan fingerprint density at radius 1 is 1.15 bits per heavy atom. The maximum atomic E-state index is 13.0. The number of aryl methyl sites for hydroxylation is 2. The third-order valence-electron chi connectivity index (χ3n) is 3.14. The highest BCUT2D eigenvalue weighted by Crippen LogP contribution is 2.38. The molecule has 0 radical (unpaired) electrons. The van der Waals surface area contributed by atoms with Crippen molar-refractivity contribution >= 4 is 5.82 Å². The molecule has 3 rings (SSSR count). The molecule has 0 saturated carbocycles. The first-order chi connectivity index (χ1) is 9.56. The summed E-state index contributed by atoms with van der Waals surface area (Å²) < 4.78 is 23.9. The Labute approximate surface area is 115 Å². The molecular weight excluding hydrogens is 259 g/mol. The van der Waals surface area contributed by atoms with Crippen molar-refractivity contribution in [2.24, 2.45) is 0 Å². The molecule has 0 atom stereocenters. The van der Waals surface area contributed by atoms with Gasteiger partial charge in [-0.2, -0.15) is 0 Å². The summed E-state index contributed by atoms with van der Waals surface area (Å²) in [7, 11) is 0. The molecule has 3 aromatic rings. The van der Waals surface area contributed by atoms with Gasteiger partial charge in [0, 0.05) is 0 Å². The van der Waals surface area contributed by atoms with Crippen LogP contribution in [-0.4, -0.2) is 5.16 Å². The van der Waals surface area contributed by atoms with Crippen LogP contribution in [0.2, 0.25) is 0 Å². The van der Waals surface area contributed by atoms with Gasteiger partial charge in [-0.05, 0) is 37.6 Å². The summed E-state index contributed by atoms with van der Waals surface area (Å²) in [6.07, 6.45) is 0. The Hall–Kier alpha value is -2.56. The van der Waals surface area contributed by atoms with Crippen LogP contribution in [0, 0.1) is 19.7 Å². The molecule has 2 N–H and O–H groups in total. The fourth-order valence-electron chi connectivity index (χ4n) is 2.24. The number of aromatic nitrogens is 1. The predicted octanol–water partition coefficient (Wildman–Crippen LogP) is 3.94. The lowest BCUT2D eigenvalue weighted by Crippen LogP contribution is -1.89. The molecule has 0 fully saturated rings. The minimum absolute atomic E-state index is 0.268. The molecule has 0 unspecified atom stereocenters. The Balaban J connectivity index is 2.19. The number of rotatable bonds is 2. The second-order valence-electron chi connectivity index (χ2n) is 4.61. The summed E-state index contributed by atoms with van der Waals surface area (Å²) in [5.74, 6) is 1.99. The smallest absolute Gasteiger partial charge is 0.180 e. The molecule has 0 amide bonds. The van der Waals surface area contributed by atoms with Crippen molar-refractivity contribution in [3.8, 4) is 22.5 Å². The van der Waals surface area contributed by atoms with Gasteiger partial charge in [0.05, 0.1) is 11.1 Å². The first-order valence-electron chi connectivity index (χ1n) is 6.14. The molecule has 0 aliphatic rings.